The first-order chi connectivity index (χ1) is 8.72. The number of hydrogen-bond acceptors (Lipinski definition) is 6. The second kappa shape index (κ2) is 4.23. The first-order valence-electron chi connectivity index (χ1n) is 5.28. The fraction of sp³-hybridized carbons (Fsp3) is 0.0833. The fourth-order valence-corrected chi connectivity index (χ4v) is 2.10. The van der Waals surface area contributed by atoms with Crippen LogP contribution in [0.5, 0.6) is 5.75 Å². The highest BCUT2D eigenvalue weighted by Gasteiger charge is 2.12. The molecule has 18 heavy (non-hydrogen) atoms. The smallest absolute Gasteiger partial charge is 0.277 e. The van der Waals surface area contributed by atoms with Crippen molar-refractivity contribution in [3.8, 4) is 28.7 Å². The average molecular weight is 259 g/mol. The van der Waals surface area contributed by atoms with Crippen molar-refractivity contribution in [3.05, 3.63) is 34.7 Å². The molecule has 5 nitrogen and oxygen atoms in total. The molecule has 0 aliphatic carbocycles. The third kappa shape index (κ3) is 1.98. The van der Waals surface area contributed by atoms with Gasteiger partial charge in [0.1, 0.15) is 11.4 Å². The lowest BCUT2D eigenvalue weighted by Gasteiger charge is -1.93. The Morgan fingerprint density at radius 2 is 1.94 bits per heavy atom. The summed E-state index contributed by atoms with van der Waals surface area (Å²) in [5.74, 6) is 1.09. The van der Waals surface area contributed by atoms with Gasteiger partial charge in [-0.1, -0.05) is 5.16 Å². The molecule has 0 aliphatic rings. The summed E-state index contributed by atoms with van der Waals surface area (Å²) in [5.41, 5.74) is 1.48. The zero-order valence-electron chi connectivity index (χ0n) is 9.49. The number of rotatable bonds is 2. The van der Waals surface area contributed by atoms with Crippen LogP contribution in [0.2, 0.25) is 0 Å². The topological polar surface area (TPSA) is 72.0 Å². The van der Waals surface area contributed by atoms with Crippen LogP contribution in [0, 0.1) is 6.92 Å². The van der Waals surface area contributed by atoms with E-state index in [0.29, 0.717) is 17.4 Å². The van der Waals surface area contributed by atoms with E-state index in [-0.39, 0.29) is 5.75 Å². The maximum Gasteiger partial charge on any atom is 0.277 e. The Morgan fingerprint density at radius 3 is 2.61 bits per heavy atom. The van der Waals surface area contributed by atoms with Crippen LogP contribution in [0.4, 0.5) is 0 Å². The van der Waals surface area contributed by atoms with Crippen molar-refractivity contribution < 1.29 is 9.63 Å². The van der Waals surface area contributed by atoms with Crippen LogP contribution in [0.1, 0.15) is 5.01 Å². The molecule has 90 valence electrons. The first-order valence-corrected chi connectivity index (χ1v) is 6.16. The highest BCUT2D eigenvalue weighted by atomic mass is 32.1. The van der Waals surface area contributed by atoms with E-state index >= 15 is 0 Å². The summed E-state index contributed by atoms with van der Waals surface area (Å²) < 4.78 is 5.17. The summed E-state index contributed by atoms with van der Waals surface area (Å²) in [6, 6.07) is 6.63. The summed E-state index contributed by atoms with van der Waals surface area (Å²) in [5, 5.41) is 15.9. The second-order valence-electron chi connectivity index (χ2n) is 3.72. The molecule has 6 heteroatoms. The number of phenolic OH excluding ortho intramolecular Hbond substituents is 1. The molecule has 0 atom stereocenters. The Morgan fingerprint density at radius 1 is 1.17 bits per heavy atom. The van der Waals surface area contributed by atoms with Crippen molar-refractivity contribution >= 4 is 11.3 Å². The van der Waals surface area contributed by atoms with Gasteiger partial charge in [-0.2, -0.15) is 4.98 Å². The molecule has 1 N–H and O–H groups in total. The van der Waals surface area contributed by atoms with E-state index in [0.717, 1.165) is 10.6 Å². The van der Waals surface area contributed by atoms with Gasteiger partial charge in [0, 0.05) is 10.9 Å². The number of thiazole rings is 1. The van der Waals surface area contributed by atoms with Gasteiger partial charge in [-0.3, -0.25) is 0 Å². The molecule has 2 aromatic heterocycles. The van der Waals surface area contributed by atoms with Crippen LogP contribution in [0.15, 0.2) is 34.2 Å². The fourth-order valence-electron chi connectivity index (χ4n) is 1.52. The van der Waals surface area contributed by atoms with E-state index < -0.39 is 0 Å². The molecule has 2 heterocycles. The molecular formula is C12H9N3O2S. The number of nitrogens with zero attached hydrogens (tertiary/aromatic N) is 3. The van der Waals surface area contributed by atoms with Crippen LogP contribution in [-0.2, 0) is 0 Å². The van der Waals surface area contributed by atoms with E-state index in [9.17, 15) is 5.11 Å². The molecule has 0 bridgehead atoms. The summed E-state index contributed by atoms with van der Waals surface area (Å²) in [4.78, 5) is 8.56. The van der Waals surface area contributed by atoms with E-state index in [4.69, 9.17) is 4.52 Å². The van der Waals surface area contributed by atoms with E-state index in [1.807, 2.05) is 12.3 Å². The van der Waals surface area contributed by atoms with Gasteiger partial charge in [0.2, 0.25) is 5.82 Å². The first kappa shape index (κ1) is 10.9. The van der Waals surface area contributed by atoms with Crippen molar-refractivity contribution in [2.45, 2.75) is 6.92 Å². The molecule has 0 aliphatic heterocycles. The Balaban J connectivity index is 1.96. The van der Waals surface area contributed by atoms with E-state index in [1.54, 1.807) is 24.3 Å². The van der Waals surface area contributed by atoms with Gasteiger partial charge in [0.15, 0.2) is 0 Å². The van der Waals surface area contributed by atoms with Crippen molar-refractivity contribution in [2.75, 3.05) is 0 Å². The van der Waals surface area contributed by atoms with Gasteiger partial charge in [-0.25, -0.2) is 4.98 Å². The number of aromatic nitrogens is 3. The largest absolute Gasteiger partial charge is 0.508 e. The zero-order chi connectivity index (χ0) is 12.5. The highest BCUT2D eigenvalue weighted by Crippen LogP contribution is 2.24. The summed E-state index contributed by atoms with van der Waals surface area (Å²) in [7, 11) is 0. The minimum atomic E-state index is 0.206. The third-order valence-corrected chi connectivity index (χ3v) is 3.16. The number of benzene rings is 1. The van der Waals surface area contributed by atoms with Crippen LogP contribution in [0.25, 0.3) is 23.0 Å². The number of hydrogen-bond donors (Lipinski definition) is 1. The molecule has 0 unspecified atom stereocenters. The van der Waals surface area contributed by atoms with Crippen molar-refractivity contribution in [2.24, 2.45) is 0 Å². The maximum absolute atomic E-state index is 9.22. The van der Waals surface area contributed by atoms with Gasteiger partial charge >= 0.3 is 0 Å². The molecular weight excluding hydrogens is 250 g/mol. The average Bonchev–Trinajstić information content (AvgIpc) is 2.98. The predicted molar refractivity (Wildman–Crippen MR) is 67.2 cm³/mol. The molecule has 0 saturated carbocycles. The normalized spacial score (nSPS) is 10.7. The van der Waals surface area contributed by atoms with E-state index in [2.05, 4.69) is 15.1 Å². The van der Waals surface area contributed by atoms with Crippen LogP contribution in [0.3, 0.4) is 0 Å². The quantitative estimate of drug-likeness (QED) is 0.766. The molecule has 0 saturated heterocycles. The molecule has 0 amide bonds. The molecule has 0 fully saturated rings. The predicted octanol–water partition coefficient (Wildman–Crippen LogP) is 2.87. The number of aryl methyl sites for hydroxylation is 1. The lowest BCUT2D eigenvalue weighted by Crippen LogP contribution is -1.81. The Bertz CT molecular complexity index is 673. The standard InChI is InChI=1S/C12H9N3O2S/c1-7-13-10(6-18-7)12-14-11(15-17-12)8-2-4-9(16)5-3-8/h2-6,16H,1H3. The SMILES string of the molecule is Cc1nc(-c2nc(-c3ccc(O)cc3)no2)cs1. The van der Waals surface area contributed by atoms with E-state index in [1.165, 1.54) is 11.3 Å². The summed E-state index contributed by atoms with van der Waals surface area (Å²) >= 11 is 1.53. The highest BCUT2D eigenvalue weighted by molar-refractivity contribution is 7.09. The van der Waals surface area contributed by atoms with Crippen molar-refractivity contribution in [1.82, 2.24) is 15.1 Å². The van der Waals surface area contributed by atoms with Crippen LogP contribution < -0.4 is 0 Å². The van der Waals surface area contributed by atoms with Gasteiger partial charge in [-0.15, -0.1) is 11.3 Å². The second-order valence-corrected chi connectivity index (χ2v) is 4.78. The van der Waals surface area contributed by atoms with Crippen LogP contribution >= 0.6 is 11.3 Å². The minimum absolute atomic E-state index is 0.206. The molecule has 1 aromatic carbocycles. The maximum atomic E-state index is 9.22. The number of aromatic hydroxyl groups is 1. The lowest BCUT2D eigenvalue weighted by molar-refractivity contribution is 0.431. The van der Waals surface area contributed by atoms with Gasteiger partial charge in [-0.05, 0) is 31.2 Å². The Hall–Kier alpha value is -2.21. The molecule has 0 radical (unpaired) electrons. The zero-order valence-corrected chi connectivity index (χ0v) is 10.3. The summed E-state index contributed by atoms with van der Waals surface area (Å²) in [6.07, 6.45) is 0. The van der Waals surface area contributed by atoms with Crippen LogP contribution in [-0.4, -0.2) is 20.2 Å². The molecule has 3 aromatic rings. The minimum Gasteiger partial charge on any atom is -0.508 e. The van der Waals surface area contributed by atoms with Gasteiger partial charge in [0.05, 0.1) is 5.01 Å². The summed E-state index contributed by atoms with van der Waals surface area (Å²) in [6.45, 7) is 1.92. The third-order valence-electron chi connectivity index (χ3n) is 2.39. The van der Waals surface area contributed by atoms with Gasteiger partial charge < -0.3 is 9.63 Å². The van der Waals surface area contributed by atoms with Crippen molar-refractivity contribution in [1.29, 1.82) is 0 Å². The Labute approximate surface area is 107 Å². The van der Waals surface area contributed by atoms with Gasteiger partial charge in [0.25, 0.3) is 5.89 Å². The lowest BCUT2D eigenvalue weighted by atomic mass is 10.2. The van der Waals surface area contributed by atoms with Crippen molar-refractivity contribution in [3.63, 3.8) is 0 Å². The number of phenols is 1. The Kier molecular flexibility index (Phi) is 2.56. The molecule has 3 rings (SSSR count). The monoisotopic (exact) mass is 259 g/mol. The molecule has 0 spiro atoms.